The molecule has 4 nitrogen and oxygen atoms in total. The summed E-state index contributed by atoms with van der Waals surface area (Å²) < 4.78 is 11.5. The van der Waals surface area contributed by atoms with E-state index in [1.165, 1.54) is 0 Å². The summed E-state index contributed by atoms with van der Waals surface area (Å²) >= 11 is 6.14. The second-order valence-electron chi connectivity index (χ2n) is 6.86. The van der Waals surface area contributed by atoms with Gasteiger partial charge in [0.1, 0.15) is 24.7 Å². The van der Waals surface area contributed by atoms with Crippen LogP contribution in [0.5, 0.6) is 11.5 Å². The molecule has 0 radical (unpaired) electrons. The fourth-order valence-corrected chi connectivity index (χ4v) is 2.95. The van der Waals surface area contributed by atoms with Crippen LogP contribution in [-0.2, 0) is 6.61 Å². The molecule has 1 atom stereocenters. The van der Waals surface area contributed by atoms with Gasteiger partial charge in [-0.15, -0.1) is 0 Å². The zero-order valence-corrected chi connectivity index (χ0v) is 17.3. The summed E-state index contributed by atoms with van der Waals surface area (Å²) in [5.74, 6) is 1.36. The van der Waals surface area contributed by atoms with E-state index in [4.69, 9.17) is 21.1 Å². The van der Waals surface area contributed by atoms with Crippen LogP contribution in [0.4, 0.5) is 0 Å². The number of benzene rings is 3. The first kappa shape index (κ1) is 20.7. The zero-order valence-electron chi connectivity index (χ0n) is 16.5. The number of aryl methyl sites for hydroxylation is 1. The summed E-state index contributed by atoms with van der Waals surface area (Å²) in [4.78, 5) is 12.4. The minimum atomic E-state index is -0.150. The van der Waals surface area contributed by atoms with E-state index in [9.17, 15) is 4.79 Å². The third-order valence-corrected chi connectivity index (χ3v) is 4.80. The van der Waals surface area contributed by atoms with Crippen molar-refractivity contribution in [2.45, 2.75) is 26.5 Å². The molecule has 0 saturated heterocycles. The molecular formula is C24H24ClNO3. The molecular weight excluding hydrogens is 386 g/mol. The van der Waals surface area contributed by atoms with Crippen molar-refractivity contribution in [3.05, 3.63) is 94.5 Å². The summed E-state index contributed by atoms with van der Waals surface area (Å²) in [5, 5.41) is 3.62. The van der Waals surface area contributed by atoms with Crippen LogP contribution >= 0.6 is 11.6 Å². The predicted octanol–water partition coefficient (Wildman–Crippen LogP) is 5.42. The van der Waals surface area contributed by atoms with Gasteiger partial charge in [-0.1, -0.05) is 48.0 Å². The fourth-order valence-electron chi connectivity index (χ4n) is 2.76. The molecule has 0 spiro atoms. The molecule has 1 N–H and O–H groups in total. The SMILES string of the molecule is Cc1ccccc1OCC(C)NC(=O)c1ccc(OCc2ccccc2Cl)cc1. The van der Waals surface area contributed by atoms with Crippen LogP contribution in [0.1, 0.15) is 28.4 Å². The summed E-state index contributed by atoms with van der Waals surface area (Å²) in [6.07, 6.45) is 0. The number of nitrogens with one attached hydrogen (secondary N) is 1. The third-order valence-electron chi connectivity index (χ3n) is 4.43. The average Bonchev–Trinajstić information content (AvgIpc) is 2.73. The largest absolute Gasteiger partial charge is 0.491 e. The highest BCUT2D eigenvalue weighted by Crippen LogP contribution is 2.19. The number of carbonyl (C=O) groups excluding carboxylic acids is 1. The van der Waals surface area contributed by atoms with Gasteiger partial charge in [-0.25, -0.2) is 0 Å². The van der Waals surface area contributed by atoms with Crippen molar-refractivity contribution in [2.24, 2.45) is 0 Å². The highest BCUT2D eigenvalue weighted by atomic mass is 35.5. The van der Waals surface area contributed by atoms with E-state index in [1.54, 1.807) is 24.3 Å². The topological polar surface area (TPSA) is 47.6 Å². The molecule has 0 saturated carbocycles. The predicted molar refractivity (Wildman–Crippen MR) is 116 cm³/mol. The molecule has 29 heavy (non-hydrogen) atoms. The number of amides is 1. The first-order valence-electron chi connectivity index (χ1n) is 9.48. The lowest BCUT2D eigenvalue weighted by Crippen LogP contribution is -2.36. The number of halogens is 1. The van der Waals surface area contributed by atoms with Gasteiger partial charge < -0.3 is 14.8 Å². The number of hydrogen-bond donors (Lipinski definition) is 1. The molecule has 1 unspecified atom stereocenters. The minimum Gasteiger partial charge on any atom is -0.491 e. The summed E-state index contributed by atoms with van der Waals surface area (Å²) in [6.45, 7) is 4.68. The van der Waals surface area contributed by atoms with E-state index in [0.29, 0.717) is 29.5 Å². The number of hydrogen-bond acceptors (Lipinski definition) is 3. The lowest BCUT2D eigenvalue weighted by Gasteiger charge is -2.16. The smallest absolute Gasteiger partial charge is 0.251 e. The number of ether oxygens (including phenoxy) is 2. The van der Waals surface area contributed by atoms with Crippen LogP contribution in [0.15, 0.2) is 72.8 Å². The fraction of sp³-hybridized carbons (Fsp3) is 0.208. The van der Waals surface area contributed by atoms with Gasteiger partial charge in [0, 0.05) is 16.1 Å². The van der Waals surface area contributed by atoms with E-state index in [-0.39, 0.29) is 11.9 Å². The zero-order chi connectivity index (χ0) is 20.6. The molecule has 0 bridgehead atoms. The van der Waals surface area contributed by atoms with Gasteiger partial charge in [-0.3, -0.25) is 4.79 Å². The van der Waals surface area contributed by atoms with Gasteiger partial charge in [-0.2, -0.15) is 0 Å². The molecule has 3 aromatic carbocycles. The Morgan fingerprint density at radius 1 is 0.966 bits per heavy atom. The maximum Gasteiger partial charge on any atom is 0.251 e. The molecule has 0 heterocycles. The normalized spacial score (nSPS) is 11.6. The molecule has 0 aliphatic rings. The van der Waals surface area contributed by atoms with Gasteiger partial charge in [0.05, 0.1) is 6.04 Å². The van der Waals surface area contributed by atoms with Crippen molar-refractivity contribution >= 4 is 17.5 Å². The Hall–Kier alpha value is -2.98. The molecule has 0 aromatic heterocycles. The van der Waals surface area contributed by atoms with Crippen molar-refractivity contribution in [3.63, 3.8) is 0 Å². The number of carbonyl (C=O) groups is 1. The summed E-state index contributed by atoms with van der Waals surface area (Å²) in [6, 6.07) is 22.3. The first-order chi connectivity index (χ1) is 14.0. The second-order valence-corrected chi connectivity index (χ2v) is 7.26. The van der Waals surface area contributed by atoms with E-state index < -0.39 is 0 Å². The minimum absolute atomic E-state index is 0.127. The standard InChI is InChI=1S/C24H24ClNO3/c1-17-7-3-6-10-23(17)29-15-18(2)26-24(27)19-11-13-21(14-12-19)28-16-20-8-4-5-9-22(20)25/h3-14,18H,15-16H2,1-2H3,(H,26,27). The van der Waals surface area contributed by atoms with E-state index in [2.05, 4.69) is 5.32 Å². The van der Waals surface area contributed by atoms with Crippen molar-refractivity contribution in [2.75, 3.05) is 6.61 Å². The van der Waals surface area contributed by atoms with E-state index >= 15 is 0 Å². The average molecular weight is 410 g/mol. The number of rotatable bonds is 8. The van der Waals surface area contributed by atoms with Crippen LogP contribution in [0.2, 0.25) is 5.02 Å². The Bertz CT molecular complexity index is 956. The highest BCUT2D eigenvalue weighted by molar-refractivity contribution is 6.31. The monoisotopic (exact) mass is 409 g/mol. The Morgan fingerprint density at radius 2 is 1.66 bits per heavy atom. The van der Waals surface area contributed by atoms with Crippen molar-refractivity contribution in [1.29, 1.82) is 0 Å². The van der Waals surface area contributed by atoms with Crippen LogP contribution in [0.25, 0.3) is 0 Å². The Balaban J connectivity index is 1.49. The highest BCUT2D eigenvalue weighted by Gasteiger charge is 2.11. The summed E-state index contributed by atoms with van der Waals surface area (Å²) in [7, 11) is 0. The molecule has 3 rings (SSSR count). The molecule has 0 aliphatic heterocycles. The second kappa shape index (κ2) is 9.99. The van der Waals surface area contributed by atoms with Crippen LogP contribution in [0, 0.1) is 6.92 Å². The lowest BCUT2D eigenvalue weighted by atomic mass is 10.2. The quantitative estimate of drug-likeness (QED) is 0.540. The molecule has 3 aromatic rings. The van der Waals surface area contributed by atoms with Crippen LogP contribution < -0.4 is 14.8 Å². The molecule has 1 amide bonds. The van der Waals surface area contributed by atoms with Crippen LogP contribution in [-0.4, -0.2) is 18.6 Å². The Labute approximate surface area is 176 Å². The molecule has 0 aliphatic carbocycles. The van der Waals surface area contributed by atoms with Gasteiger partial charge in [-0.05, 0) is 55.8 Å². The van der Waals surface area contributed by atoms with Crippen LogP contribution in [0.3, 0.4) is 0 Å². The van der Waals surface area contributed by atoms with E-state index in [1.807, 2.05) is 62.4 Å². The number of para-hydroxylation sites is 1. The van der Waals surface area contributed by atoms with Gasteiger partial charge in [0.25, 0.3) is 5.91 Å². The molecule has 150 valence electrons. The molecule has 5 heteroatoms. The van der Waals surface area contributed by atoms with Crippen molar-refractivity contribution < 1.29 is 14.3 Å². The first-order valence-corrected chi connectivity index (χ1v) is 9.86. The van der Waals surface area contributed by atoms with Gasteiger partial charge >= 0.3 is 0 Å². The van der Waals surface area contributed by atoms with Crippen molar-refractivity contribution in [1.82, 2.24) is 5.32 Å². The summed E-state index contributed by atoms with van der Waals surface area (Å²) in [5.41, 5.74) is 2.55. The van der Waals surface area contributed by atoms with E-state index in [0.717, 1.165) is 16.9 Å². The maximum atomic E-state index is 12.4. The maximum absolute atomic E-state index is 12.4. The Kier molecular flexibility index (Phi) is 7.14. The Morgan fingerprint density at radius 3 is 2.38 bits per heavy atom. The molecule has 0 fully saturated rings. The lowest BCUT2D eigenvalue weighted by molar-refractivity contribution is 0.0926. The van der Waals surface area contributed by atoms with Crippen molar-refractivity contribution in [3.8, 4) is 11.5 Å². The third kappa shape index (κ3) is 6.00. The van der Waals surface area contributed by atoms with Gasteiger partial charge in [0.2, 0.25) is 0 Å². The van der Waals surface area contributed by atoms with Gasteiger partial charge in [0.15, 0.2) is 0 Å².